The second kappa shape index (κ2) is 4.44. The number of methoxy groups -OCH3 is 1. The number of esters is 1. The smallest absolute Gasteiger partial charge is 0.310 e. The van der Waals surface area contributed by atoms with E-state index in [4.69, 9.17) is 4.74 Å². The molecule has 1 saturated heterocycles. The van der Waals surface area contributed by atoms with E-state index < -0.39 is 0 Å². The molecule has 1 spiro atoms. The highest BCUT2D eigenvalue weighted by molar-refractivity contribution is 14.1. The normalized spacial score (nSPS) is 41.1. The molecule has 1 heterocycles. The Morgan fingerprint density at radius 3 is 2.70 bits per heavy atom. The SMILES string of the molecule is COC(=O)C1C(c2ccc(I)cc2)CC23CCC2NC13. The van der Waals surface area contributed by atoms with Gasteiger partial charge in [0.05, 0.1) is 13.0 Å². The second-order valence-corrected chi connectivity index (χ2v) is 7.63. The van der Waals surface area contributed by atoms with Crippen LogP contribution in [0.1, 0.15) is 30.7 Å². The minimum atomic E-state index is -0.0479. The fraction of sp³-hybridized carbons (Fsp3) is 0.562. The van der Waals surface area contributed by atoms with Gasteiger partial charge in [-0.05, 0) is 65.5 Å². The van der Waals surface area contributed by atoms with E-state index in [-0.39, 0.29) is 11.9 Å². The molecule has 1 aliphatic heterocycles. The molecule has 0 amide bonds. The van der Waals surface area contributed by atoms with Crippen molar-refractivity contribution >= 4 is 28.6 Å². The summed E-state index contributed by atoms with van der Waals surface area (Å²) in [5.74, 6) is 0.243. The number of hydrogen-bond donors (Lipinski definition) is 1. The third-order valence-corrected chi connectivity index (χ3v) is 6.48. The van der Waals surface area contributed by atoms with Crippen LogP contribution >= 0.6 is 22.6 Å². The van der Waals surface area contributed by atoms with Crippen LogP contribution in [0, 0.1) is 14.9 Å². The molecule has 4 heteroatoms. The van der Waals surface area contributed by atoms with Gasteiger partial charge in [-0.25, -0.2) is 0 Å². The number of rotatable bonds is 2. The van der Waals surface area contributed by atoms with Crippen LogP contribution in [0.15, 0.2) is 24.3 Å². The molecule has 106 valence electrons. The van der Waals surface area contributed by atoms with Gasteiger partial charge < -0.3 is 10.1 Å². The van der Waals surface area contributed by atoms with Crippen molar-refractivity contribution < 1.29 is 9.53 Å². The quantitative estimate of drug-likeness (QED) is 0.631. The van der Waals surface area contributed by atoms with Crippen LogP contribution in [0.25, 0.3) is 0 Å². The Kier molecular flexibility index (Phi) is 2.90. The molecule has 0 radical (unpaired) electrons. The Labute approximate surface area is 132 Å². The van der Waals surface area contributed by atoms with E-state index in [1.54, 1.807) is 0 Å². The van der Waals surface area contributed by atoms with Crippen LogP contribution in [0.5, 0.6) is 0 Å². The molecule has 2 aliphatic carbocycles. The predicted octanol–water partition coefficient (Wildman–Crippen LogP) is 2.69. The van der Waals surface area contributed by atoms with E-state index in [0.717, 1.165) is 6.42 Å². The fourth-order valence-electron chi connectivity index (χ4n) is 4.64. The monoisotopic (exact) mass is 383 g/mol. The van der Waals surface area contributed by atoms with Crippen LogP contribution in [0.3, 0.4) is 0 Å². The summed E-state index contributed by atoms with van der Waals surface area (Å²) >= 11 is 2.32. The summed E-state index contributed by atoms with van der Waals surface area (Å²) in [6, 6.07) is 9.60. The van der Waals surface area contributed by atoms with Crippen LogP contribution in [-0.2, 0) is 9.53 Å². The number of nitrogens with one attached hydrogen (secondary N) is 1. The molecule has 3 fully saturated rings. The van der Waals surface area contributed by atoms with Gasteiger partial charge in [-0.15, -0.1) is 0 Å². The predicted molar refractivity (Wildman–Crippen MR) is 84.4 cm³/mol. The number of ether oxygens (including phenoxy) is 1. The van der Waals surface area contributed by atoms with E-state index in [1.165, 1.54) is 29.1 Å². The van der Waals surface area contributed by atoms with Gasteiger partial charge in [0.15, 0.2) is 0 Å². The average molecular weight is 383 g/mol. The van der Waals surface area contributed by atoms with Gasteiger partial charge >= 0.3 is 5.97 Å². The van der Waals surface area contributed by atoms with Crippen molar-refractivity contribution in [3.8, 4) is 0 Å². The van der Waals surface area contributed by atoms with E-state index >= 15 is 0 Å². The lowest BCUT2D eigenvalue weighted by molar-refractivity contribution is -0.151. The number of halogens is 1. The number of hydrogen-bond acceptors (Lipinski definition) is 3. The molecule has 3 nitrogen and oxygen atoms in total. The summed E-state index contributed by atoms with van der Waals surface area (Å²) < 4.78 is 6.32. The lowest BCUT2D eigenvalue weighted by Crippen LogP contribution is -2.75. The number of carbonyl (C=O) groups is 1. The van der Waals surface area contributed by atoms with Crippen molar-refractivity contribution in [1.82, 2.24) is 5.32 Å². The molecule has 1 aromatic rings. The van der Waals surface area contributed by atoms with Gasteiger partial charge in [0.2, 0.25) is 0 Å². The van der Waals surface area contributed by atoms with Gasteiger partial charge in [0.1, 0.15) is 0 Å². The van der Waals surface area contributed by atoms with Crippen LogP contribution < -0.4 is 5.32 Å². The fourth-order valence-corrected chi connectivity index (χ4v) is 5.00. The van der Waals surface area contributed by atoms with Gasteiger partial charge in [-0.2, -0.15) is 0 Å². The van der Waals surface area contributed by atoms with Crippen LogP contribution in [0.2, 0.25) is 0 Å². The van der Waals surface area contributed by atoms with Crippen molar-refractivity contribution in [2.45, 2.75) is 37.3 Å². The number of benzene rings is 1. The van der Waals surface area contributed by atoms with Crippen molar-refractivity contribution in [3.63, 3.8) is 0 Å². The Bertz CT molecular complexity index is 558. The highest BCUT2D eigenvalue weighted by Crippen LogP contribution is 2.65. The molecule has 5 unspecified atom stereocenters. The van der Waals surface area contributed by atoms with E-state index in [1.807, 2.05) is 0 Å². The van der Waals surface area contributed by atoms with E-state index in [0.29, 0.717) is 23.4 Å². The van der Waals surface area contributed by atoms with Gasteiger partial charge in [0, 0.05) is 21.1 Å². The molecule has 3 aliphatic rings. The van der Waals surface area contributed by atoms with Crippen molar-refractivity contribution in [3.05, 3.63) is 33.4 Å². The highest BCUT2D eigenvalue weighted by atomic mass is 127. The summed E-state index contributed by atoms with van der Waals surface area (Å²) in [7, 11) is 1.51. The summed E-state index contributed by atoms with van der Waals surface area (Å²) in [4.78, 5) is 12.3. The second-order valence-electron chi connectivity index (χ2n) is 6.38. The zero-order chi connectivity index (χ0) is 13.9. The summed E-state index contributed by atoms with van der Waals surface area (Å²) in [5.41, 5.74) is 1.67. The largest absolute Gasteiger partial charge is 0.469 e. The zero-order valence-corrected chi connectivity index (χ0v) is 13.6. The zero-order valence-electron chi connectivity index (χ0n) is 11.4. The topological polar surface area (TPSA) is 38.3 Å². The molecule has 2 saturated carbocycles. The molecular weight excluding hydrogens is 365 g/mol. The molecule has 1 aromatic carbocycles. The summed E-state index contributed by atoms with van der Waals surface area (Å²) in [6.07, 6.45) is 3.67. The first kappa shape index (κ1) is 13.1. The minimum Gasteiger partial charge on any atom is -0.469 e. The molecule has 0 aromatic heterocycles. The number of piperidine rings is 1. The van der Waals surface area contributed by atoms with E-state index in [9.17, 15) is 4.79 Å². The maximum absolute atomic E-state index is 12.3. The van der Waals surface area contributed by atoms with Crippen molar-refractivity contribution in [2.24, 2.45) is 11.3 Å². The van der Waals surface area contributed by atoms with Crippen molar-refractivity contribution in [1.29, 1.82) is 0 Å². The van der Waals surface area contributed by atoms with E-state index in [2.05, 4.69) is 52.2 Å². The first-order valence-corrected chi connectivity index (χ1v) is 8.33. The third-order valence-electron chi connectivity index (χ3n) is 5.76. The average Bonchev–Trinajstić information content (AvgIpc) is 2.78. The Morgan fingerprint density at radius 1 is 1.40 bits per heavy atom. The van der Waals surface area contributed by atoms with Crippen molar-refractivity contribution in [2.75, 3.05) is 7.11 Å². The van der Waals surface area contributed by atoms with Gasteiger partial charge in [-0.1, -0.05) is 12.1 Å². The van der Waals surface area contributed by atoms with Gasteiger partial charge in [-0.3, -0.25) is 4.79 Å². The lowest BCUT2D eigenvalue weighted by atomic mass is 9.54. The molecule has 1 N–H and O–H groups in total. The maximum Gasteiger partial charge on any atom is 0.310 e. The van der Waals surface area contributed by atoms with Crippen LogP contribution in [-0.4, -0.2) is 25.2 Å². The Balaban J connectivity index is 1.70. The number of carbonyl (C=O) groups excluding carboxylic acids is 1. The first-order chi connectivity index (χ1) is 9.65. The van der Waals surface area contributed by atoms with Crippen LogP contribution in [0.4, 0.5) is 0 Å². The maximum atomic E-state index is 12.3. The standard InChI is InChI=1S/C16H18INO2/c1-20-15(19)13-11(9-2-4-10(17)5-3-9)8-16-7-6-12(16)18-14(13)16/h2-5,11-14,18H,6-8H2,1H3. The molecular formula is C16H18INO2. The summed E-state index contributed by atoms with van der Waals surface area (Å²) in [6.45, 7) is 0. The molecule has 5 atom stereocenters. The third kappa shape index (κ3) is 1.58. The molecule has 4 rings (SSSR count). The first-order valence-electron chi connectivity index (χ1n) is 7.25. The minimum absolute atomic E-state index is 0.0170. The Hall–Kier alpha value is -0.620. The molecule has 0 bridgehead atoms. The lowest BCUT2D eigenvalue weighted by Gasteiger charge is -2.62. The molecule has 20 heavy (non-hydrogen) atoms. The summed E-state index contributed by atoms with van der Waals surface area (Å²) in [5, 5.41) is 3.61. The van der Waals surface area contributed by atoms with Gasteiger partial charge in [0.25, 0.3) is 0 Å². The Morgan fingerprint density at radius 2 is 2.15 bits per heavy atom. The highest BCUT2D eigenvalue weighted by Gasteiger charge is 2.69.